The standard InChI is InChI=1S/C16H13FN2O5S/c17-13-3-1-2-4-14(13)18-15(20)9-24-16(21)10-25-12-7-5-11(6-8-12)19(22)23/h1-8H,9-10H2,(H,18,20). The summed E-state index contributed by atoms with van der Waals surface area (Å²) in [5.41, 5.74) is -0.0412. The second-order valence-electron chi connectivity index (χ2n) is 4.73. The van der Waals surface area contributed by atoms with E-state index in [1.54, 1.807) is 6.07 Å². The Morgan fingerprint density at radius 1 is 1.16 bits per heavy atom. The number of carbonyl (C=O) groups is 2. The van der Waals surface area contributed by atoms with E-state index in [-0.39, 0.29) is 17.1 Å². The number of nitro benzene ring substituents is 1. The number of amides is 1. The molecule has 0 fully saturated rings. The van der Waals surface area contributed by atoms with Crippen LogP contribution in [0.15, 0.2) is 53.4 Å². The van der Waals surface area contributed by atoms with Gasteiger partial charge in [0.2, 0.25) is 0 Å². The number of non-ortho nitro benzene ring substituents is 1. The second kappa shape index (κ2) is 8.78. The van der Waals surface area contributed by atoms with E-state index in [1.807, 2.05) is 0 Å². The molecule has 0 saturated carbocycles. The highest BCUT2D eigenvalue weighted by Crippen LogP contribution is 2.21. The predicted octanol–water partition coefficient (Wildman–Crippen LogP) is 3.01. The van der Waals surface area contributed by atoms with Gasteiger partial charge in [0.1, 0.15) is 5.82 Å². The summed E-state index contributed by atoms with van der Waals surface area (Å²) in [6.07, 6.45) is 0. The lowest BCUT2D eigenvalue weighted by molar-refractivity contribution is -0.384. The van der Waals surface area contributed by atoms with Crippen molar-refractivity contribution in [3.05, 3.63) is 64.5 Å². The van der Waals surface area contributed by atoms with Gasteiger partial charge in [-0.25, -0.2) is 4.39 Å². The van der Waals surface area contributed by atoms with Crippen molar-refractivity contribution in [3.8, 4) is 0 Å². The smallest absolute Gasteiger partial charge is 0.316 e. The van der Waals surface area contributed by atoms with Crippen molar-refractivity contribution in [1.29, 1.82) is 0 Å². The second-order valence-corrected chi connectivity index (χ2v) is 5.78. The lowest BCUT2D eigenvalue weighted by Crippen LogP contribution is -2.22. The van der Waals surface area contributed by atoms with Crippen LogP contribution in [0.3, 0.4) is 0 Å². The molecule has 130 valence electrons. The van der Waals surface area contributed by atoms with Gasteiger partial charge in [0, 0.05) is 17.0 Å². The topological polar surface area (TPSA) is 98.5 Å². The highest BCUT2D eigenvalue weighted by molar-refractivity contribution is 8.00. The Kier molecular flexibility index (Phi) is 6.47. The van der Waals surface area contributed by atoms with Crippen molar-refractivity contribution in [2.75, 3.05) is 17.7 Å². The zero-order valence-electron chi connectivity index (χ0n) is 12.8. The van der Waals surface area contributed by atoms with Crippen molar-refractivity contribution in [2.45, 2.75) is 4.90 Å². The van der Waals surface area contributed by atoms with E-state index in [2.05, 4.69) is 5.32 Å². The third-order valence-electron chi connectivity index (χ3n) is 2.92. The first-order chi connectivity index (χ1) is 12.0. The SMILES string of the molecule is O=C(COC(=O)CSc1ccc([N+](=O)[O-])cc1)Nc1ccccc1F. The summed E-state index contributed by atoms with van der Waals surface area (Å²) in [5, 5.41) is 12.8. The van der Waals surface area contributed by atoms with Gasteiger partial charge in [-0.2, -0.15) is 0 Å². The fourth-order valence-corrected chi connectivity index (χ4v) is 2.44. The molecule has 0 aliphatic heterocycles. The molecule has 0 aliphatic rings. The van der Waals surface area contributed by atoms with E-state index in [4.69, 9.17) is 4.74 Å². The molecule has 9 heteroatoms. The van der Waals surface area contributed by atoms with Gasteiger partial charge in [-0.15, -0.1) is 11.8 Å². The van der Waals surface area contributed by atoms with Gasteiger partial charge in [-0.1, -0.05) is 12.1 Å². The van der Waals surface area contributed by atoms with E-state index >= 15 is 0 Å². The van der Waals surface area contributed by atoms with Gasteiger partial charge in [0.15, 0.2) is 6.61 Å². The molecule has 0 spiro atoms. The predicted molar refractivity (Wildman–Crippen MR) is 89.8 cm³/mol. The van der Waals surface area contributed by atoms with Crippen molar-refractivity contribution in [3.63, 3.8) is 0 Å². The van der Waals surface area contributed by atoms with Gasteiger partial charge in [0.25, 0.3) is 11.6 Å². The number of hydrogen-bond donors (Lipinski definition) is 1. The largest absolute Gasteiger partial charge is 0.455 e. The molecule has 25 heavy (non-hydrogen) atoms. The third-order valence-corrected chi connectivity index (χ3v) is 3.90. The maximum Gasteiger partial charge on any atom is 0.316 e. The molecule has 0 saturated heterocycles. The Balaban J connectivity index is 1.74. The summed E-state index contributed by atoms with van der Waals surface area (Å²) < 4.78 is 18.2. The van der Waals surface area contributed by atoms with E-state index < -0.39 is 29.2 Å². The number of hydrogen-bond acceptors (Lipinski definition) is 6. The number of ether oxygens (including phenoxy) is 1. The number of para-hydroxylation sites is 1. The minimum atomic E-state index is -0.654. The molecule has 7 nitrogen and oxygen atoms in total. The maximum absolute atomic E-state index is 13.4. The van der Waals surface area contributed by atoms with Crippen molar-refractivity contribution in [1.82, 2.24) is 0 Å². The molecule has 0 bridgehead atoms. The number of benzene rings is 2. The first-order valence-corrected chi connectivity index (χ1v) is 8.01. The highest BCUT2D eigenvalue weighted by atomic mass is 32.2. The highest BCUT2D eigenvalue weighted by Gasteiger charge is 2.11. The van der Waals surface area contributed by atoms with Crippen LogP contribution in [0.4, 0.5) is 15.8 Å². The zero-order valence-corrected chi connectivity index (χ0v) is 13.6. The number of nitrogens with zero attached hydrogens (tertiary/aromatic N) is 1. The first kappa shape index (κ1) is 18.4. The van der Waals surface area contributed by atoms with Crippen LogP contribution < -0.4 is 5.32 Å². The summed E-state index contributed by atoms with van der Waals surface area (Å²) in [6.45, 7) is -0.534. The summed E-state index contributed by atoms with van der Waals surface area (Å²) >= 11 is 1.12. The van der Waals surface area contributed by atoms with Crippen molar-refractivity contribution in [2.24, 2.45) is 0 Å². The van der Waals surface area contributed by atoms with E-state index in [1.165, 1.54) is 42.5 Å². The molecule has 0 aromatic heterocycles. The fraction of sp³-hybridized carbons (Fsp3) is 0.125. The molecule has 0 radical (unpaired) electrons. The molecule has 0 heterocycles. The Hall–Kier alpha value is -2.94. The average molecular weight is 364 g/mol. The number of esters is 1. The van der Waals surface area contributed by atoms with Crippen LogP contribution in [0.2, 0.25) is 0 Å². The number of carbonyl (C=O) groups excluding carboxylic acids is 2. The van der Waals surface area contributed by atoms with Crippen LogP contribution >= 0.6 is 11.8 Å². The summed E-state index contributed by atoms with van der Waals surface area (Å²) in [7, 11) is 0. The Morgan fingerprint density at radius 2 is 1.84 bits per heavy atom. The lowest BCUT2D eigenvalue weighted by Gasteiger charge is -2.07. The minimum absolute atomic E-state index is 0.00352. The molecule has 2 rings (SSSR count). The molecule has 0 aliphatic carbocycles. The van der Waals surface area contributed by atoms with Crippen molar-refractivity contribution >= 4 is 35.0 Å². The van der Waals surface area contributed by atoms with Crippen LogP contribution in [-0.2, 0) is 14.3 Å². The minimum Gasteiger partial charge on any atom is -0.455 e. The maximum atomic E-state index is 13.4. The monoisotopic (exact) mass is 364 g/mol. The molecule has 0 unspecified atom stereocenters. The molecule has 1 amide bonds. The summed E-state index contributed by atoms with van der Waals surface area (Å²) in [6, 6.07) is 11.3. The van der Waals surface area contributed by atoms with Crippen LogP contribution in [0, 0.1) is 15.9 Å². The summed E-state index contributed by atoms with van der Waals surface area (Å²) in [4.78, 5) is 33.9. The van der Waals surface area contributed by atoms with Gasteiger partial charge in [-0.05, 0) is 24.3 Å². The number of halogens is 1. The number of anilines is 1. The number of rotatable bonds is 7. The van der Waals surface area contributed by atoms with Crippen molar-refractivity contribution < 1.29 is 23.6 Å². The van der Waals surface area contributed by atoms with E-state index in [0.29, 0.717) is 4.90 Å². The molecule has 2 aromatic rings. The third kappa shape index (κ3) is 5.88. The first-order valence-electron chi connectivity index (χ1n) is 7.03. The lowest BCUT2D eigenvalue weighted by atomic mass is 10.3. The summed E-state index contributed by atoms with van der Waals surface area (Å²) in [5.74, 6) is -1.94. The average Bonchev–Trinajstić information content (AvgIpc) is 2.60. The Bertz CT molecular complexity index is 782. The van der Waals surface area contributed by atoms with Gasteiger partial charge in [-0.3, -0.25) is 19.7 Å². The fourth-order valence-electron chi connectivity index (χ4n) is 1.74. The molecule has 2 aromatic carbocycles. The Morgan fingerprint density at radius 3 is 2.48 bits per heavy atom. The van der Waals surface area contributed by atoms with E-state index in [9.17, 15) is 24.1 Å². The number of thioether (sulfide) groups is 1. The van der Waals surface area contributed by atoms with Gasteiger partial charge < -0.3 is 10.1 Å². The van der Waals surface area contributed by atoms with Crippen LogP contribution in [0.25, 0.3) is 0 Å². The zero-order chi connectivity index (χ0) is 18.2. The van der Waals surface area contributed by atoms with Gasteiger partial charge in [0.05, 0.1) is 16.4 Å². The molecule has 1 N–H and O–H groups in total. The van der Waals surface area contributed by atoms with Crippen LogP contribution in [0.5, 0.6) is 0 Å². The Labute approximate surface area is 146 Å². The normalized spacial score (nSPS) is 10.1. The van der Waals surface area contributed by atoms with Gasteiger partial charge >= 0.3 is 5.97 Å². The molecular weight excluding hydrogens is 351 g/mol. The number of nitro groups is 1. The molecule has 0 atom stereocenters. The van der Waals surface area contributed by atoms with Crippen LogP contribution in [-0.4, -0.2) is 29.2 Å². The van der Waals surface area contributed by atoms with E-state index in [0.717, 1.165) is 11.8 Å². The van der Waals surface area contributed by atoms with Crippen LogP contribution in [0.1, 0.15) is 0 Å². The quantitative estimate of drug-likeness (QED) is 0.351. The number of nitrogens with one attached hydrogen (secondary N) is 1. The molecular formula is C16H13FN2O5S.